The molecule has 0 saturated heterocycles. The Labute approximate surface area is 400 Å². The fourth-order valence-electron chi connectivity index (χ4n) is 21.8. The summed E-state index contributed by atoms with van der Waals surface area (Å²) in [7, 11) is 0. The minimum absolute atomic E-state index is 0.0836. The zero-order valence-electron chi connectivity index (χ0n) is 39.6. The van der Waals surface area contributed by atoms with Gasteiger partial charge in [-0.05, 0) is 153 Å². The van der Waals surface area contributed by atoms with E-state index in [0.717, 1.165) is 85.5 Å². The highest BCUT2D eigenvalue weighted by molar-refractivity contribution is 5.86. The van der Waals surface area contributed by atoms with Gasteiger partial charge in [-0.3, -0.25) is 5.32 Å². The molecular formula is C58H71NO9. The number of nitrogens with one attached hydrogen (secondary N) is 1. The Morgan fingerprint density at radius 3 is 2.56 bits per heavy atom. The van der Waals surface area contributed by atoms with Gasteiger partial charge in [0.15, 0.2) is 0 Å². The quantitative estimate of drug-likeness (QED) is 0.0822. The molecule has 9 fully saturated rings. The maximum absolute atomic E-state index is 15.5. The Kier molecular flexibility index (Phi) is 9.31. The summed E-state index contributed by atoms with van der Waals surface area (Å²) in [5.41, 5.74) is -3.21. The van der Waals surface area contributed by atoms with Gasteiger partial charge in [-0.25, -0.2) is 4.79 Å². The average Bonchev–Trinajstić information content (AvgIpc) is 4.16. The summed E-state index contributed by atoms with van der Waals surface area (Å²) >= 11 is 0. The number of carbonyl (C=O) groups is 2. The molecule has 0 amide bonds. The highest BCUT2D eigenvalue weighted by Gasteiger charge is 2.91. The number of allylic oxidation sites excluding steroid dienone is 4. The van der Waals surface area contributed by atoms with Crippen LogP contribution in [0.15, 0.2) is 58.7 Å². The van der Waals surface area contributed by atoms with E-state index in [9.17, 15) is 30.3 Å². The van der Waals surface area contributed by atoms with Crippen LogP contribution < -0.4 is 5.32 Å². The summed E-state index contributed by atoms with van der Waals surface area (Å²) in [6.07, 6.45) is 14.7. The first kappa shape index (κ1) is 43.6. The van der Waals surface area contributed by atoms with Gasteiger partial charge in [-0.1, -0.05) is 74.3 Å². The van der Waals surface area contributed by atoms with Crippen LogP contribution in [0.4, 0.5) is 0 Å². The summed E-state index contributed by atoms with van der Waals surface area (Å²) in [5, 5.41) is 85.8. The SMILES string of the molecule is CC(C1CCCC1)C1CCC2C(O)C34CCC(CC5=C6C(=CC5)C5CC78CCC#Cc9ccccc9CC(NCO)C9CC(CC7(O)C7(O)C(O)C(C1)C2(O)C(C=O)(C63)C57)C8C1=CC(=O)OC19)C4. The molecular weight excluding hydrogens is 855 g/mol. The molecule has 13 aliphatic rings. The summed E-state index contributed by atoms with van der Waals surface area (Å²) in [5.74, 6) is 3.14. The van der Waals surface area contributed by atoms with Crippen LogP contribution in [-0.4, -0.2) is 90.8 Å². The number of benzene rings is 1. The van der Waals surface area contributed by atoms with Crippen molar-refractivity contribution in [3.05, 3.63) is 69.8 Å². The summed E-state index contributed by atoms with van der Waals surface area (Å²) in [6.45, 7) is 2.06. The number of fused-ring (bicyclic) bond motifs is 7. The van der Waals surface area contributed by atoms with Gasteiger partial charge in [0.2, 0.25) is 0 Å². The van der Waals surface area contributed by atoms with Crippen LogP contribution in [0.3, 0.4) is 0 Å². The number of aliphatic hydroxyl groups is 6. The molecule has 1 heterocycles. The Hall–Kier alpha value is -3.14. The van der Waals surface area contributed by atoms with Crippen molar-refractivity contribution in [1.82, 2.24) is 5.32 Å². The minimum Gasteiger partial charge on any atom is -0.454 e. The number of hydrogen-bond acceptors (Lipinski definition) is 10. The van der Waals surface area contributed by atoms with Crippen molar-refractivity contribution >= 4 is 12.3 Å². The van der Waals surface area contributed by atoms with Gasteiger partial charge < -0.3 is 40.2 Å². The maximum Gasteiger partial charge on any atom is 0.331 e. The number of aliphatic hydroxyl groups excluding tert-OH is 3. The number of carbonyl (C=O) groups excluding carboxylic acids is 2. The van der Waals surface area contributed by atoms with Crippen LogP contribution in [0.25, 0.3) is 0 Å². The van der Waals surface area contributed by atoms with E-state index in [1.807, 2.05) is 18.2 Å². The van der Waals surface area contributed by atoms with Crippen LogP contribution in [0.1, 0.15) is 127 Å². The number of rotatable bonds is 5. The van der Waals surface area contributed by atoms with E-state index < -0.39 is 92.8 Å². The second-order valence-electron chi connectivity index (χ2n) is 25.4. The van der Waals surface area contributed by atoms with E-state index in [4.69, 9.17) is 4.74 Å². The number of aldehydes is 1. The van der Waals surface area contributed by atoms with Crippen LogP contribution in [0.5, 0.6) is 0 Å². The van der Waals surface area contributed by atoms with E-state index in [2.05, 4.69) is 36.2 Å². The minimum atomic E-state index is -2.26. The van der Waals surface area contributed by atoms with Crippen molar-refractivity contribution in [2.75, 3.05) is 6.73 Å². The highest BCUT2D eigenvalue weighted by atomic mass is 16.5. The van der Waals surface area contributed by atoms with Crippen LogP contribution in [0, 0.1) is 99.1 Å². The molecule has 12 aliphatic carbocycles. The average molecular weight is 926 g/mol. The number of hydrogen-bond donors (Lipinski definition) is 7. The van der Waals surface area contributed by atoms with E-state index >= 15 is 9.90 Å². The molecule has 6 bridgehead atoms. The zero-order valence-corrected chi connectivity index (χ0v) is 39.6. The van der Waals surface area contributed by atoms with Crippen molar-refractivity contribution in [3.8, 4) is 11.8 Å². The first-order valence-electron chi connectivity index (χ1n) is 27.1. The Bertz CT molecular complexity index is 2530. The van der Waals surface area contributed by atoms with E-state index in [1.165, 1.54) is 18.4 Å². The van der Waals surface area contributed by atoms with E-state index in [0.29, 0.717) is 56.8 Å². The highest BCUT2D eigenvalue weighted by Crippen LogP contribution is 2.85. The molecule has 1 aromatic rings. The van der Waals surface area contributed by atoms with Gasteiger partial charge in [0.05, 0.1) is 30.0 Å². The van der Waals surface area contributed by atoms with Crippen LogP contribution in [-0.2, 0) is 20.7 Å². The predicted octanol–water partition coefficient (Wildman–Crippen LogP) is 5.85. The molecule has 7 N–H and O–H groups in total. The molecule has 10 nitrogen and oxygen atoms in total. The van der Waals surface area contributed by atoms with Crippen molar-refractivity contribution in [2.45, 2.75) is 164 Å². The van der Waals surface area contributed by atoms with Crippen LogP contribution >= 0.6 is 0 Å². The summed E-state index contributed by atoms with van der Waals surface area (Å²) in [6, 6.07) is 7.76. The molecule has 21 atom stereocenters. The number of esters is 1. The van der Waals surface area contributed by atoms with Gasteiger partial charge >= 0.3 is 5.97 Å². The van der Waals surface area contributed by atoms with Crippen molar-refractivity contribution < 1.29 is 45.0 Å². The normalized spacial score (nSPS) is 52.5. The molecule has 1 aromatic carbocycles. The smallest absolute Gasteiger partial charge is 0.331 e. The van der Waals surface area contributed by atoms with E-state index in [1.54, 1.807) is 6.08 Å². The first-order valence-corrected chi connectivity index (χ1v) is 27.1. The lowest BCUT2D eigenvalue weighted by Gasteiger charge is -2.79. The Morgan fingerprint density at radius 1 is 0.926 bits per heavy atom. The molecule has 9 saturated carbocycles. The summed E-state index contributed by atoms with van der Waals surface area (Å²) in [4.78, 5) is 29.3. The topological polar surface area (TPSA) is 177 Å². The molecule has 10 heteroatoms. The monoisotopic (exact) mass is 926 g/mol. The lowest BCUT2D eigenvalue weighted by molar-refractivity contribution is -0.403. The molecule has 14 rings (SSSR count). The lowest BCUT2D eigenvalue weighted by atomic mass is 9.26. The van der Waals surface area contributed by atoms with Gasteiger partial charge in [0.25, 0.3) is 0 Å². The first-order chi connectivity index (χ1) is 32.8. The Morgan fingerprint density at radius 2 is 1.75 bits per heavy atom. The predicted molar refractivity (Wildman–Crippen MR) is 250 cm³/mol. The third-order valence-corrected chi connectivity index (χ3v) is 23.8. The third-order valence-electron chi connectivity index (χ3n) is 23.8. The molecule has 0 aromatic heterocycles. The molecule has 21 unspecified atom stereocenters. The molecule has 68 heavy (non-hydrogen) atoms. The third kappa shape index (κ3) is 4.93. The fourth-order valence-corrected chi connectivity index (χ4v) is 21.8. The largest absolute Gasteiger partial charge is 0.454 e. The zero-order chi connectivity index (χ0) is 46.5. The van der Waals surface area contributed by atoms with Crippen LogP contribution in [0.2, 0.25) is 0 Å². The van der Waals surface area contributed by atoms with Gasteiger partial charge in [-0.15, -0.1) is 0 Å². The second-order valence-corrected chi connectivity index (χ2v) is 25.4. The standard InChI is InChI=1S/C58H71NO9/c1-30(32-8-2-3-9-32)34-14-16-42-51(63)53-19-17-31(25-53)20-36-13-15-38-41-27-54-18-7-6-11-33-10-4-5-12-35(33)23-44(59-29-61)39-21-37(47(54)40-24-45(62)68-48(39)40)26-56(54,65)58(67)49(41)55(28-60,50(53)46(36)38)57(42,66)43(22-34)52(58)64/h4-5,10,12,15,24,28,30-32,34,37,39,41-44,47-52,59,61,63-67H,2-3,7-9,13-14,16-23,25-27,29H2,1H3. The van der Waals surface area contributed by atoms with Gasteiger partial charge in [0, 0.05) is 64.5 Å². The van der Waals surface area contributed by atoms with Gasteiger partial charge in [0.1, 0.15) is 23.6 Å². The maximum atomic E-state index is 15.5. The lowest BCUT2D eigenvalue weighted by Crippen LogP contribution is -2.90. The molecule has 2 spiro atoms. The summed E-state index contributed by atoms with van der Waals surface area (Å²) < 4.78 is 6.36. The van der Waals surface area contributed by atoms with Crippen molar-refractivity contribution in [1.29, 1.82) is 0 Å². The van der Waals surface area contributed by atoms with Crippen molar-refractivity contribution in [3.63, 3.8) is 0 Å². The Balaban J connectivity index is 1.03. The van der Waals surface area contributed by atoms with Gasteiger partial charge in [-0.2, -0.15) is 0 Å². The molecule has 1 aliphatic heterocycles. The molecule has 362 valence electrons. The number of ether oxygens (including phenoxy) is 1. The van der Waals surface area contributed by atoms with E-state index in [-0.39, 0.29) is 42.9 Å². The second kappa shape index (κ2) is 14.5. The fraction of sp³-hybridized carbons (Fsp3) is 0.724. The molecule has 0 radical (unpaired) electrons. The van der Waals surface area contributed by atoms with Crippen molar-refractivity contribution in [2.24, 2.45) is 87.3 Å².